The lowest BCUT2D eigenvalue weighted by atomic mass is 10.4. The second-order valence-corrected chi connectivity index (χ2v) is 5.32. The van der Waals surface area contributed by atoms with E-state index in [0.717, 1.165) is 19.3 Å². The minimum atomic E-state index is 0.722. The monoisotopic (exact) mass is 242 g/mol. The summed E-state index contributed by atoms with van der Waals surface area (Å²) in [5.41, 5.74) is 5.58. The Morgan fingerprint density at radius 3 is 2.79 bits per heavy atom. The fourth-order valence-electron chi connectivity index (χ4n) is 0.939. The Morgan fingerprint density at radius 1 is 1.36 bits per heavy atom. The first kappa shape index (κ1) is 9.83. The lowest BCUT2D eigenvalue weighted by Gasteiger charge is -1.99. The first-order valence-electron chi connectivity index (χ1n) is 3.89. The molecule has 0 aliphatic rings. The van der Waals surface area contributed by atoms with Crippen LogP contribution < -0.4 is 5.73 Å². The van der Waals surface area contributed by atoms with Gasteiger partial charge in [-0.1, -0.05) is 46.8 Å². The summed E-state index contributed by atoms with van der Waals surface area (Å²) in [6, 6.07) is 7.68. The highest BCUT2D eigenvalue weighted by Gasteiger charge is 2.04. The Bertz CT molecular complexity index is 442. The first-order valence-corrected chi connectivity index (χ1v) is 5.90. The molecule has 0 amide bonds. The molecule has 1 aromatic carbocycles. The smallest absolute Gasteiger partial charge is 0.156 e. The number of anilines is 1. The van der Waals surface area contributed by atoms with E-state index in [1.54, 1.807) is 6.20 Å². The average Bonchev–Trinajstić information content (AvgIpc) is 2.56. The number of hydrogen-bond acceptors (Lipinski definition) is 4. The van der Waals surface area contributed by atoms with Gasteiger partial charge < -0.3 is 5.73 Å². The third kappa shape index (κ3) is 2.20. The molecule has 0 fully saturated rings. The van der Waals surface area contributed by atoms with Crippen LogP contribution >= 0.6 is 34.7 Å². The van der Waals surface area contributed by atoms with Crippen molar-refractivity contribution >= 4 is 39.7 Å². The number of nitrogens with two attached hydrogens (primary N) is 1. The van der Waals surface area contributed by atoms with E-state index in [-0.39, 0.29) is 0 Å². The maximum atomic E-state index is 6.01. The summed E-state index contributed by atoms with van der Waals surface area (Å²) in [4.78, 5) is 5.15. The van der Waals surface area contributed by atoms with Gasteiger partial charge in [-0.05, 0) is 12.1 Å². The van der Waals surface area contributed by atoms with Crippen LogP contribution in [0.2, 0.25) is 5.02 Å². The number of hydrogen-bond donors (Lipinski definition) is 1. The molecule has 0 spiro atoms. The molecule has 1 heterocycles. The zero-order chi connectivity index (χ0) is 9.97. The van der Waals surface area contributed by atoms with Crippen LogP contribution in [0.15, 0.2) is 39.7 Å². The SMILES string of the molecule is Nc1cnc(Sc2ccccc2Cl)s1. The Morgan fingerprint density at radius 2 is 2.14 bits per heavy atom. The van der Waals surface area contributed by atoms with Crippen LogP contribution in [0.1, 0.15) is 0 Å². The molecule has 14 heavy (non-hydrogen) atoms. The summed E-state index contributed by atoms with van der Waals surface area (Å²) in [6.45, 7) is 0. The van der Waals surface area contributed by atoms with E-state index in [2.05, 4.69) is 4.98 Å². The van der Waals surface area contributed by atoms with Crippen molar-refractivity contribution in [2.24, 2.45) is 0 Å². The largest absolute Gasteiger partial charge is 0.389 e. The number of rotatable bonds is 2. The molecule has 0 bridgehead atoms. The van der Waals surface area contributed by atoms with Gasteiger partial charge in [0, 0.05) is 4.90 Å². The van der Waals surface area contributed by atoms with Crippen molar-refractivity contribution in [2.75, 3.05) is 5.73 Å². The van der Waals surface area contributed by atoms with Crippen molar-refractivity contribution in [3.8, 4) is 0 Å². The molecule has 0 atom stereocenters. The fourth-order valence-corrected chi connectivity index (χ4v) is 2.93. The number of nitrogens with zero attached hydrogens (tertiary/aromatic N) is 1. The Balaban J connectivity index is 2.23. The van der Waals surface area contributed by atoms with Gasteiger partial charge in [0.25, 0.3) is 0 Å². The van der Waals surface area contributed by atoms with Crippen LogP contribution in [0.25, 0.3) is 0 Å². The van der Waals surface area contributed by atoms with Crippen LogP contribution in [-0.4, -0.2) is 4.98 Å². The van der Waals surface area contributed by atoms with E-state index in [4.69, 9.17) is 17.3 Å². The third-order valence-electron chi connectivity index (χ3n) is 1.54. The van der Waals surface area contributed by atoms with Crippen molar-refractivity contribution in [3.05, 3.63) is 35.5 Å². The Labute approximate surface area is 95.1 Å². The molecule has 0 unspecified atom stereocenters. The summed E-state index contributed by atoms with van der Waals surface area (Å²) in [6.07, 6.45) is 1.66. The van der Waals surface area contributed by atoms with E-state index >= 15 is 0 Å². The molecule has 5 heteroatoms. The molecule has 0 aliphatic heterocycles. The summed E-state index contributed by atoms with van der Waals surface area (Å²) < 4.78 is 0.913. The van der Waals surface area contributed by atoms with Crippen LogP contribution in [0, 0.1) is 0 Å². The van der Waals surface area contributed by atoms with Crippen LogP contribution in [0.5, 0.6) is 0 Å². The lowest BCUT2D eigenvalue weighted by Crippen LogP contribution is -1.73. The molecule has 2 nitrogen and oxygen atoms in total. The number of thiazole rings is 1. The van der Waals surface area contributed by atoms with Crippen molar-refractivity contribution < 1.29 is 0 Å². The van der Waals surface area contributed by atoms with Crippen LogP contribution in [0.3, 0.4) is 0 Å². The fraction of sp³-hybridized carbons (Fsp3) is 0. The number of halogens is 1. The molecule has 2 rings (SSSR count). The second-order valence-electron chi connectivity index (χ2n) is 2.56. The van der Waals surface area contributed by atoms with Gasteiger partial charge in [0.2, 0.25) is 0 Å². The van der Waals surface area contributed by atoms with Gasteiger partial charge >= 0.3 is 0 Å². The predicted molar refractivity (Wildman–Crippen MR) is 62.1 cm³/mol. The molecule has 2 aromatic rings. The van der Waals surface area contributed by atoms with E-state index in [0.29, 0.717) is 0 Å². The zero-order valence-corrected chi connectivity index (χ0v) is 9.49. The van der Waals surface area contributed by atoms with Crippen molar-refractivity contribution in [1.29, 1.82) is 0 Å². The molecule has 0 radical (unpaired) electrons. The van der Waals surface area contributed by atoms with Crippen LogP contribution in [0.4, 0.5) is 5.00 Å². The highest BCUT2D eigenvalue weighted by atomic mass is 35.5. The average molecular weight is 243 g/mol. The van der Waals surface area contributed by atoms with Gasteiger partial charge in [-0.25, -0.2) is 4.98 Å². The maximum absolute atomic E-state index is 6.01. The molecule has 0 saturated carbocycles. The summed E-state index contributed by atoms with van der Waals surface area (Å²) in [7, 11) is 0. The number of aromatic nitrogens is 1. The minimum Gasteiger partial charge on any atom is -0.389 e. The number of benzene rings is 1. The van der Waals surface area contributed by atoms with E-state index in [1.165, 1.54) is 23.1 Å². The molecule has 1 aromatic heterocycles. The van der Waals surface area contributed by atoms with Gasteiger partial charge in [0.15, 0.2) is 4.34 Å². The maximum Gasteiger partial charge on any atom is 0.156 e. The summed E-state index contributed by atoms with van der Waals surface area (Å²) >= 11 is 9.00. The van der Waals surface area contributed by atoms with E-state index in [1.807, 2.05) is 24.3 Å². The Hall–Kier alpha value is -0.710. The summed E-state index contributed by atoms with van der Waals surface area (Å²) in [5.74, 6) is 0. The number of nitrogen functional groups attached to an aromatic ring is 1. The topological polar surface area (TPSA) is 38.9 Å². The first-order chi connectivity index (χ1) is 6.75. The summed E-state index contributed by atoms with van der Waals surface area (Å²) in [5, 5.41) is 1.46. The van der Waals surface area contributed by atoms with Crippen molar-refractivity contribution in [3.63, 3.8) is 0 Å². The van der Waals surface area contributed by atoms with E-state index < -0.39 is 0 Å². The van der Waals surface area contributed by atoms with Crippen molar-refractivity contribution in [1.82, 2.24) is 4.98 Å². The highest BCUT2D eigenvalue weighted by molar-refractivity contribution is 8.01. The van der Waals surface area contributed by atoms with Gasteiger partial charge in [-0.3, -0.25) is 0 Å². The van der Waals surface area contributed by atoms with Crippen LogP contribution in [-0.2, 0) is 0 Å². The van der Waals surface area contributed by atoms with Gasteiger partial charge in [-0.15, -0.1) is 0 Å². The minimum absolute atomic E-state index is 0.722. The van der Waals surface area contributed by atoms with Crippen molar-refractivity contribution in [2.45, 2.75) is 9.24 Å². The molecular weight excluding hydrogens is 236 g/mol. The predicted octanol–water partition coefficient (Wildman–Crippen LogP) is 3.53. The van der Waals surface area contributed by atoms with E-state index in [9.17, 15) is 0 Å². The quantitative estimate of drug-likeness (QED) is 0.876. The molecule has 0 aliphatic carbocycles. The molecule has 72 valence electrons. The Kier molecular flexibility index (Phi) is 2.96. The van der Waals surface area contributed by atoms with Gasteiger partial charge in [0.05, 0.1) is 11.2 Å². The highest BCUT2D eigenvalue weighted by Crippen LogP contribution is 2.35. The molecular formula is C9H7ClN2S2. The zero-order valence-electron chi connectivity index (χ0n) is 7.11. The normalized spacial score (nSPS) is 10.4. The van der Waals surface area contributed by atoms with Gasteiger partial charge in [-0.2, -0.15) is 0 Å². The molecule has 2 N–H and O–H groups in total. The standard InChI is InChI=1S/C9H7ClN2S2/c10-6-3-1-2-4-7(6)13-9-12-5-8(11)14-9/h1-5H,11H2. The third-order valence-corrected chi connectivity index (χ3v) is 3.96. The lowest BCUT2D eigenvalue weighted by molar-refractivity contribution is 1.25. The second kappa shape index (κ2) is 4.21. The molecule has 0 saturated heterocycles. The van der Waals surface area contributed by atoms with Gasteiger partial charge in [0.1, 0.15) is 5.00 Å².